The number of alkyl halides is 2. The number of anilines is 3. The third-order valence-electron chi connectivity index (χ3n) is 3.52. The molecule has 0 fully saturated rings. The summed E-state index contributed by atoms with van der Waals surface area (Å²) in [6, 6.07) is 4.35. The molecule has 0 atom stereocenters. The molecule has 3 N–H and O–H groups in total. The highest BCUT2D eigenvalue weighted by molar-refractivity contribution is 5.97. The van der Waals surface area contributed by atoms with E-state index < -0.39 is 6.29 Å². The summed E-state index contributed by atoms with van der Waals surface area (Å²) in [7, 11) is 0. The molecule has 0 aliphatic carbocycles. The van der Waals surface area contributed by atoms with Gasteiger partial charge in [0.2, 0.25) is 0 Å². The van der Waals surface area contributed by atoms with Gasteiger partial charge in [0.15, 0.2) is 23.0 Å². The van der Waals surface area contributed by atoms with E-state index in [2.05, 4.69) is 29.9 Å². The van der Waals surface area contributed by atoms with Gasteiger partial charge < -0.3 is 20.5 Å². The second-order valence-corrected chi connectivity index (χ2v) is 5.08. The number of aryl methyl sites for hydroxylation is 1. The Morgan fingerprint density at radius 2 is 2.04 bits per heavy atom. The van der Waals surface area contributed by atoms with E-state index in [-0.39, 0.29) is 17.3 Å². The van der Waals surface area contributed by atoms with E-state index in [9.17, 15) is 8.78 Å². The Morgan fingerprint density at radius 3 is 2.83 bits per heavy atom. The number of nitrogen functional groups attached to an aromatic ring is 1. The molecule has 3 heterocycles. The minimum absolute atomic E-state index is 0.0302. The van der Waals surface area contributed by atoms with Crippen LogP contribution in [0.2, 0.25) is 0 Å². The molecule has 4 rings (SSSR count). The molecule has 0 amide bonds. The summed E-state index contributed by atoms with van der Waals surface area (Å²) in [5.74, 6) is 0.607. The molecule has 24 heavy (non-hydrogen) atoms. The summed E-state index contributed by atoms with van der Waals surface area (Å²) < 4.78 is 36.7. The highest BCUT2D eigenvalue weighted by atomic mass is 19.3. The van der Waals surface area contributed by atoms with Crippen molar-refractivity contribution in [3.05, 3.63) is 24.5 Å². The Balaban J connectivity index is 1.74. The van der Waals surface area contributed by atoms with Crippen LogP contribution < -0.4 is 20.5 Å². The molecule has 0 saturated heterocycles. The van der Waals surface area contributed by atoms with Crippen LogP contribution in [0.5, 0.6) is 11.5 Å². The monoisotopic (exact) mass is 334 g/mol. The number of fused-ring (bicyclic) bond motifs is 2. The molecule has 124 valence electrons. The van der Waals surface area contributed by atoms with E-state index in [1.165, 1.54) is 18.5 Å². The number of ether oxygens (including phenoxy) is 2. The highest BCUT2D eigenvalue weighted by Gasteiger charge is 2.43. The maximum absolute atomic E-state index is 13.1. The van der Waals surface area contributed by atoms with Crippen LogP contribution >= 0.6 is 0 Å². The van der Waals surface area contributed by atoms with Crippen molar-refractivity contribution in [1.82, 2.24) is 19.7 Å². The Kier molecular flexibility index (Phi) is 2.95. The average Bonchev–Trinajstić information content (AvgIpc) is 3.03. The van der Waals surface area contributed by atoms with Gasteiger partial charge in [-0.25, -0.2) is 14.6 Å². The van der Waals surface area contributed by atoms with Crippen LogP contribution in [0.1, 0.15) is 6.92 Å². The van der Waals surface area contributed by atoms with Crippen LogP contribution in [-0.2, 0) is 6.54 Å². The van der Waals surface area contributed by atoms with Gasteiger partial charge in [0.25, 0.3) is 0 Å². The van der Waals surface area contributed by atoms with E-state index in [1.54, 1.807) is 10.7 Å². The Bertz CT molecular complexity index is 942. The van der Waals surface area contributed by atoms with Crippen molar-refractivity contribution in [2.45, 2.75) is 19.8 Å². The molecule has 1 aliphatic heterocycles. The van der Waals surface area contributed by atoms with Crippen molar-refractivity contribution in [2.24, 2.45) is 0 Å². The molecule has 0 unspecified atom stereocenters. The molecule has 0 spiro atoms. The molecule has 8 nitrogen and oxygen atoms in total. The minimum Gasteiger partial charge on any atom is -0.395 e. The molecule has 1 aliphatic rings. The third-order valence-corrected chi connectivity index (χ3v) is 3.52. The fourth-order valence-electron chi connectivity index (χ4n) is 2.50. The van der Waals surface area contributed by atoms with Gasteiger partial charge in [0.1, 0.15) is 17.5 Å². The van der Waals surface area contributed by atoms with Crippen molar-refractivity contribution in [1.29, 1.82) is 0 Å². The van der Waals surface area contributed by atoms with E-state index in [1.807, 2.05) is 6.92 Å². The SMILES string of the molecule is CCn1nc(Nc2ccc3c(c2)OC(F)(F)O3)c2c(N)ncnc21. The number of rotatable bonds is 3. The standard InChI is InChI=1S/C14H12F2N6O2/c1-2-22-13-10(11(17)18-6-19-13)12(21-22)20-7-3-4-8-9(5-7)24-14(15,16)23-8/h3-6H,2H2,1H3,(H,20,21)(H2,17,18,19). The quantitative estimate of drug-likeness (QED) is 0.759. The Hall–Kier alpha value is -3.17. The summed E-state index contributed by atoms with van der Waals surface area (Å²) in [6.45, 7) is 2.50. The topological polar surface area (TPSA) is 100 Å². The zero-order chi connectivity index (χ0) is 16.9. The second-order valence-electron chi connectivity index (χ2n) is 5.08. The van der Waals surface area contributed by atoms with Gasteiger partial charge in [-0.2, -0.15) is 5.10 Å². The van der Waals surface area contributed by atoms with Crippen molar-refractivity contribution in [3.63, 3.8) is 0 Å². The zero-order valence-corrected chi connectivity index (χ0v) is 12.5. The largest absolute Gasteiger partial charge is 0.586 e. The summed E-state index contributed by atoms with van der Waals surface area (Å²) in [5, 5.41) is 7.97. The van der Waals surface area contributed by atoms with Gasteiger partial charge in [-0.05, 0) is 19.1 Å². The van der Waals surface area contributed by atoms with Gasteiger partial charge in [0.05, 0.1) is 0 Å². The minimum atomic E-state index is -3.66. The maximum Gasteiger partial charge on any atom is 0.586 e. The van der Waals surface area contributed by atoms with E-state index in [0.717, 1.165) is 0 Å². The van der Waals surface area contributed by atoms with Gasteiger partial charge in [-0.15, -0.1) is 8.78 Å². The van der Waals surface area contributed by atoms with Crippen LogP contribution in [0.25, 0.3) is 11.0 Å². The second kappa shape index (κ2) is 4.91. The first-order chi connectivity index (χ1) is 11.5. The molecule has 2 aromatic heterocycles. The lowest BCUT2D eigenvalue weighted by Crippen LogP contribution is -2.25. The number of nitrogens with zero attached hydrogens (tertiary/aromatic N) is 4. The highest BCUT2D eigenvalue weighted by Crippen LogP contribution is 2.42. The predicted molar refractivity (Wildman–Crippen MR) is 81.3 cm³/mol. The van der Waals surface area contributed by atoms with Gasteiger partial charge in [-0.1, -0.05) is 0 Å². The fourth-order valence-corrected chi connectivity index (χ4v) is 2.50. The number of aromatic nitrogens is 4. The number of hydrogen-bond donors (Lipinski definition) is 2. The number of nitrogens with two attached hydrogens (primary N) is 1. The smallest absolute Gasteiger partial charge is 0.395 e. The Labute approximate surface area is 134 Å². The maximum atomic E-state index is 13.1. The van der Waals surface area contributed by atoms with E-state index in [4.69, 9.17) is 5.73 Å². The van der Waals surface area contributed by atoms with Gasteiger partial charge in [0, 0.05) is 18.3 Å². The van der Waals surface area contributed by atoms with Crippen molar-refractivity contribution in [2.75, 3.05) is 11.1 Å². The van der Waals surface area contributed by atoms with Crippen LogP contribution in [0.4, 0.5) is 26.1 Å². The first kappa shape index (κ1) is 14.4. The fraction of sp³-hybridized carbons (Fsp3) is 0.214. The Morgan fingerprint density at radius 1 is 1.25 bits per heavy atom. The number of hydrogen-bond acceptors (Lipinski definition) is 7. The lowest BCUT2D eigenvalue weighted by atomic mass is 10.2. The molecule has 0 saturated carbocycles. The molecule has 0 bridgehead atoms. The van der Waals surface area contributed by atoms with E-state index >= 15 is 0 Å². The van der Waals surface area contributed by atoms with Gasteiger partial charge >= 0.3 is 6.29 Å². The normalized spacial score (nSPS) is 15.0. The molecule has 0 radical (unpaired) electrons. The van der Waals surface area contributed by atoms with Crippen molar-refractivity contribution < 1.29 is 18.3 Å². The van der Waals surface area contributed by atoms with Crippen molar-refractivity contribution >= 4 is 28.4 Å². The van der Waals surface area contributed by atoms with Gasteiger partial charge in [-0.3, -0.25) is 0 Å². The predicted octanol–water partition coefficient (Wildman–Crippen LogP) is 2.49. The molecule has 10 heteroatoms. The lowest BCUT2D eigenvalue weighted by Gasteiger charge is -2.05. The zero-order valence-electron chi connectivity index (χ0n) is 12.5. The van der Waals surface area contributed by atoms with Crippen LogP contribution in [0.15, 0.2) is 24.5 Å². The molecular formula is C14H12F2N6O2. The van der Waals surface area contributed by atoms with Crippen LogP contribution in [0.3, 0.4) is 0 Å². The third kappa shape index (κ3) is 2.23. The molecule has 1 aromatic carbocycles. The average molecular weight is 334 g/mol. The summed E-state index contributed by atoms with van der Waals surface area (Å²) in [6.07, 6.45) is -2.30. The first-order valence-electron chi connectivity index (χ1n) is 7.11. The summed E-state index contributed by atoms with van der Waals surface area (Å²) in [5.41, 5.74) is 6.99. The number of nitrogens with one attached hydrogen (secondary N) is 1. The first-order valence-corrected chi connectivity index (χ1v) is 7.11. The van der Waals surface area contributed by atoms with Crippen molar-refractivity contribution in [3.8, 4) is 11.5 Å². The van der Waals surface area contributed by atoms with Crippen LogP contribution in [0, 0.1) is 0 Å². The lowest BCUT2D eigenvalue weighted by molar-refractivity contribution is -0.286. The number of benzene rings is 1. The van der Waals surface area contributed by atoms with E-state index in [0.29, 0.717) is 29.1 Å². The number of halogens is 2. The molecule has 3 aromatic rings. The summed E-state index contributed by atoms with van der Waals surface area (Å²) >= 11 is 0. The van der Waals surface area contributed by atoms with Crippen LogP contribution in [-0.4, -0.2) is 26.0 Å². The molecular weight excluding hydrogens is 322 g/mol. The summed E-state index contributed by atoms with van der Waals surface area (Å²) in [4.78, 5) is 8.14.